The van der Waals surface area contributed by atoms with Gasteiger partial charge in [-0.2, -0.15) is 5.10 Å². The summed E-state index contributed by atoms with van der Waals surface area (Å²) in [5, 5.41) is 5.13. The maximum absolute atomic E-state index is 12.8. The molecule has 0 bridgehead atoms. The molecular formula is C16H10ClFN2OS. The van der Waals surface area contributed by atoms with Gasteiger partial charge in [-0.1, -0.05) is 41.9 Å². The normalized spacial score (nSPS) is 11.2. The van der Waals surface area contributed by atoms with Crippen molar-refractivity contribution in [2.75, 3.05) is 0 Å². The second kappa shape index (κ2) is 6.25. The van der Waals surface area contributed by atoms with Crippen LogP contribution in [0.5, 0.6) is 0 Å². The van der Waals surface area contributed by atoms with E-state index in [2.05, 4.69) is 10.5 Å². The number of nitrogens with zero attached hydrogens (tertiary/aromatic N) is 1. The Morgan fingerprint density at radius 3 is 2.64 bits per heavy atom. The van der Waals surface area contributed by atoms with Crippen LogP contribution in [0.15, 0.2) is 53.6 Å². The summed E-state index contributed by atoms with van der Waals surface area (Å²) in [4.78, 5) is 12.5. The molecule has 0 atom stereocenters. The van der Waals surface area contributed by atoms with Gasteiger partial charge in [0.15, 0.2) is 0 Å². The third kappa shape index (κ3) is 3.00. The molecule has 0 saturated heterocycles. The number of nitrogens with one attached hydrogen (secondary N) is 1. The Hall–Kier alpha value is -2.24. The molecule has 1 amide bonds. The number of hydrogen-bond acceptors (Lipinski definition) is 3. The maximum atomic E-state index is 12.8. The molecule has 1 aromatic heterocycles. The molecule has 3 nitrogen and oxygen atoms in total. The number of halogens is 2. The number of rotatable bonds is 3. The molecule has 0 fully saturated rings. The summed E-state index contributed by atoms with van der Waals surface area (Å²) in [6.45, 7) is 0. The third-order valence-electron chi connectivity index (χ3n) is 2.99. The first-order valence-electron chi connectivity index (χ1n) is 6.41. The van der Waals surface area contributed by atoms with Crippen LogP contribution in [0, 0.1) is 5.82 Å². The van der Waals surface area contributed by atoms with Gasteiger partial charge in [-0.15, -0.1) is 11.3 Å². The number of fused-ring (bicyclic) bond motifs is 1. The molecule has 1 N–H and O–H groups in total. The number of carbonyl (C=O) groups is 1. The van der Waals surface area contributed by atoms with Crippen LogP contribution >= 0.6 is 22.9 Å². The topological polar surface area (TPSA) is 41.5 Å². The van der Waals surface area contributed by atoms with Crippen LogP contribution in [0.1, 0.15) is 15.2 Å². The van der Waals surface area contributed by atoms with Crippen LogP contribution in [0.25, 0.3) is 10.1 Å². The summed E-state index contributed by atoms with van der Waals surface area (Å²) in [6, 6.07) is 13.3. The van der Waals surface area contributed by atoms with Crippen LogP contribution in [-0.4, -0.2) is 12.1 Å². The first-order chi connectivity index (χ1) is 10.6. The fraction of sp³-hybridized carbons (Fsp3) is 0. The molecule has 0 saturated carbocycles. The highest BCUT2D eigenvalue weighted by atomic mass is 35.5. The van der Waals surface area contributed by atoms with Gasteiger partial charge < -0.3 is 0 Å². The van der Waals surface area contributed by atoms with Gasteiger partial charge in [0.05, 0.1) is 11.2 Å². The fourth-order valence-electron chi connectivity index (χ4n) is 1.93. The van der Waals surface area contributed by atoms with E-state index in [1.54, 1.807) is 12.1 Å². The lowest BCUT2D eigenvalue weighted by Gasteiger charge is -1.97. The third-order valence-corrected chi connectivity index (χ3v) is 4.67. The lowest BCUT2D eigenvalue weighted by Crippen LogP contribution is -2.16. The largest absolute Gasteiger partial charge is 0.283 e. The number of hydrogen-bond donors (Lipinski definition) is 1. The van der Waals surface area contributed by atoms with Gasteiger partial charge in [-0.25, -0.2) is 9.82 Å². The van der Waals surface area contributed by atoms with Gasteiger partial charge in [0.2, 0.25) is 0 Å². The summed E-state index contributed by atoms with van der Waals surface area (Å²) >= 11 is 7.53. The average molecular weight is 333 g/mol. The Bertz CT molecular complexity index is 858. The van der Waals surface area contributed by atoms with Crippen LogP contribution in [0.3, 0.4) is 0 Å². The van der Waals surface area contributed by atoms with E-state index < -0.39 is 0 Å². The van der Waals surface area contributed by atoms with Crippen molar-refractivity contribution in [1.82, 2.24) is 5.43 Å². The molecule has 0 aliphatic carbocycles. The number of amides is 1. The van der Waals surface area contributed by atoms with Crippen LogP contribution in [-0.2, 0) is 0 Å². The SMILES string of the molecule is O=C(N/N=C/c1ccc(F)cc1)c1sc2ccccc2c1Cl. The Kier molecular flexibility index (Phi) is 4.18. The summed E-state index contributed by atoms with van der Waals surface area (Å²) in [5.41, 5.74) is 3.11. The fourth-order valence-corrected chi connectivity index (χ4v) is 3.33. The van der Waals surface area contributed by atoms with Crippen LogP contribution in [0.2, 0.25) is 5.02 Å². The molecule has 3 rings (SSSR count). The van der Waals surface area contributed by atoms with E-state index in [-0.39, 0.29) is 11.7 Å². The highest BCUT2D eigenvalue weighted by Gasteiger charge is 2.16. The van der Waals surface area contributed by atoms with Gasteiger partial charge >= 0.3 is 0 Å². The second-order valence-corrected chi connectivity index (χ2v) is 5.92. The highest BCUT2D eigenvalue weighted by molar-refractivity contribution is 7.21. The zero-order chi connectivity index (χ0) is 15.5. The number of hydrazone groups is 1. The van der Waals surface area contributed by atoms with Crippen molar-refractivity contribution in [3.05, 3.63) is 69.8 Å². The Morgan fingerprint density at radius 2 is 1.91 bits per heavy atom. The van der Waals surface area contributed by atoms with Gasteiger partial charge in [0.25, 0.3) is 5.91 Å². The van der Waals surface area contributed by atoms with E-state index in [4.69, 9.17) is 11.6 Å². The predicted octanol–water partition coefficient (Wildman–Crippen LogP) is 4.46. The van der Waals surface area contributed by atoms with E-state index in [0.29, 0.717) is 15.5 Å². The number of thiophene rings is 1. The Balaban J connectivity index is 1.76. The number of carbonyl (C=O) groups excluding carboxylic acids is 1. The lowest BCUT2D eigenvalue weighted by molar-refractivity contribution is 0.0959. The molecule has 2 aromatic carbocycles. The smallest absolute Gasteiger partial charge is 0.266 e. The van der Waals surface area contributed by atoms with Crippen LogP contribution < -0.4 is 5.43 Å². The molecule has 0 radical (unpaired) electrons. The zero-order valence-corrected chi connectivity index (χ0v) is 12.8. The zero-order valence-electron chi connectivity index (χ0n) is 11.2. The monoisotopic (exact) mass is 332 g/mol. The quantitative estimate of drug-likeness (QED) is 0.558. The van der Waals surface area contributed by atoms with Crippen LogP contribution in [0.4, 0.5) is 4.39 Å². The Labute approximate surface area is 135 Å². The first-order valence-corrected chi connectivity index (χ1v) is 7.60. The summed E-state index contributed by atoms with van der Waals surface area (Å²) in [5.74, 6) is -0.692. The molecule has 3 aromatic rings. The van der Waals surface area contributed by atoms with Crippen molar-refractivity contribution in [3.63, 3.8) is 0 Å². The molecule has 110 valence electrons. The summed E-state index contributed by atoms with van der Waals surface area (Å²) in [6.07, 6.45) is 1.44. The average Bonchev–Trinajstić information content (AvgIpc) is 2.87. The number of benzene rings is 2. The van der Waals surface area contributed by atoms with Gasteiger partial charge in [0.1, 0.15) is 10.7 Å². The summed E-state index contributed by atoms with van der Waals surface area (Å²) < 4.78 is 13.7. The molecule has 6 heteroatoms. The van der Waals surface area contributed by atoms with E-state index in [1.807, 2.05) is 24.3 Å². The molecular weight excluding hydrogens is 323 g/mol. The van der Waals surface area contributed by atoms with Crippen molar-refractivity contribution < 1.29 is 9.18 Å². The minimum Gasteiger partial charge on any atom is -0.266 e. The van der Waals surface area contributed by atoms with Gasteiger partial charge in [-0.3, -0.25) is 4.79 Å². The molecule has 0 unspecified atom stereocenters. The van der Waals surface area contributed by atoms with Gasteiger partial charge in [0, 0.05) is 10.1 Å². The minimum atomic E-state index is -0.371. The first kappa shape index (κ1) is 14.7. The van der Waals surface area contributed by atoms with E-state index in [1.165, 1.54) is 29.7 Å². The lowest BCUT2D eigenvalue weighted by atomic mass is 10.2. The molecule has 1 heterocycles. The van der Waals surface area contributed by atoms with Crippen molar-refractivity contribution in [1.29, 1.82) is 0 Å². The van der Waals surface area contributed by atoms with Crippen molar-refractivity contribution >= 4 is 45.1 Å². The molecule has 0 aliphatic rings. The molecule has 0 aliphatic heterocycles. The minimum absolute atomic E-state index is 0.321. The molecule has 0 spiro atoms. The highest BCUT2D eigenvalue weighted by Crippen LogP contribution is 2.34. The van der Waals surface area contributed by atoms with E-state index >= 15 is 0 Å². The Morgan fingerprint density at radius 1 is 1.18 bits per heavy atom. The molecule has 22 heavy (non-hydrogen) atoms. The van der Waals surface area contributed by atoms with Crippen molar-refractivity contribution in [2.45, 2.75) is 0 Å². The van der Waals surface area contributed by atoms with Gasteiger partial charge in [-0.05, 0) is 23.8 Å². The van der Waals surface area contributed by atoms with Crippen molar-refractivity contribution in [3.8, 4) is 0 Å². The maximum Gasteiger partial charge on any atom is 0.283 e. The van der Waals surface area contributed by atoms with Crippen molar-refractivity contribution in [2.24, 2.45) is 5.10 Å². The van der Waals surface area contributed by atoms with E-state index in [9.17, 15) is 9.18 Å². The van der Waals surface area contributed by atoms with E-state index in [0.717, 1.165) is 10.1 Å². The second-order valence-electron chi connectivity index (χ2n) is 4.49. The summed E-state index contributed by atoms with van der Waals surface area (Å²) in [7, 11) is 0. The predicted molar refractivity (Wildman–Crippen MR) is 88.3 cm³/mol. The standard InChI is InChI=1S/C16H10ClFN2OS/c17-14-12-3-1-2-4-13(12)22-15(14)16(21)20-19-9-10-5-7-11(18)8-6-10/h1-9H,(H,20,21)/b19-9+.